The second-order valence-corrected chi connectivity index (χ2v) is 14.9. The van der Waals surface area contributed by atoms with E-state index < -0.39 is 24.8 Å². The smallest absolute Gasteiger partial charge is 0.310 e. The van der Waals surface area contributed by atoms with E-state index in [0.717, 1.165) is 35.2 Å². The second-order valence-electron chi connectivity index (χ2n) is 10.1. The maximum absolute atomic E-state index is 13.5. The highest BCUT2D eigenvalue weighted by Crippen LogP contribution is 3.02. The van der Waals surface area contributed by atoms with E-state index in [9.17, 15) is 28.4 Å². The molecule has 3 aromatic carbocycles. The van der Waals surface area contributed by atoms with Gasteiger partial charge in [0, 0.05) is 34.0 Å². The first-order valence-corrected chi connectivity index (χ1v) is 16.1. The Kier molecular flexibility index (Phi) is 6.30. The van der Waals surface area contributed by atoms with Crippen LogP contribution in [0.3, 0.4) is 0 Å². The Morgan fingerprint density at radius 1 is 0.846 bits per heavy atom. The van der Waals surface area contributed by atoms with Gasteiger partial charge in [0.05, 0.1) is 9.73 Å². The molecule has 3 aromatic rings. The molecule has 12 heteroatoms. The molecule has 3 N–H and O–H groups in total. The Hall–Kier alpha value is -3.12. The van der Waals surface area contributed by atoms with Crippen molar-refractivity contribution in [2.24, 2.45) is 0 Å². The third kappa shape index (κ3) is 5.91. The first-order chi connectivity index (χ1) is 18.1. The summed E-state index contributed by atoms with van der Waals surface area (Å²) in [6, 6.07) is 15.3. The van der Waals surface area contributed by atoms with Crippen LogP contribution in [-0.2, 0) is 16.1 Å². The average Bonchev–Trinajstić information content (AvgIpc) is 2.88. The molecule has 2 aliphatic rings. The van der Waals surface area contributed by atoms with Crippen molar-refractivity contribution in [3.05, 3.63) is 77.9 Å². The van der Waals surface area contributed by atoms with E-state index in [1.165, 1.54) is 0 Å². The van der Waals surface area contributed by atoms with Crippen LogP contribution in [0, 0.1) is 4.78 Å². The van der Waals surface area contributed by atoms with Gasteiger partial charge in [-0.1, -0.05) is 43.7 Å². The fourth-order valence-corrected chi connectivity index (χ4v) is 7.73. The standard InChI is InChI=1S/C27H28F5N3O2S2/c28-39(29,30,31,32)25-13-7-22(8-14-25)35-21-5-11-24(12-6-21)38(33,37)23-9-3-18(4-10-23)20-2-1-19-15-16-34-27(36)26(19)17-20/h1-4,7-10,13-14,17,21,24,33,35H,5-6,11-12,15-16H2,(H,34,36). The molecule has 1 heterocycles. The van der Waals surface area contributed by atoms with E-state index in [1.54, 1.807) is 24.3 Å². The molecule has 1 amide bonds. The largest absolute Gasteiger partial charge is 0.382 e. The number of benzene rings is 3. The third-order valence-corrected chi connectivity index (χ3v) is 10.9. The quantitative estimate of drug-likeness (QED) is 0.256. The number of hydrogen-bond acceptors (Lipinski definition) is 4. The number of halogens is 5. The van der Waals surface area contributed by atoms with Gasteiger partial charge < -0.3 is 10.6 Å². The van der Waals surface area contributed by atoms with Crippen LogP contribution >= 0.6 is 10.2 Å². The Labute approximate surface area is 223 Å². The number of fused-ring (bicyclic) bond motifs is 1. The van der Waals surface area contributed by atoms with Crippen LogP contribution in [0.15, 0.2) is 76.5 Å². The van der Waals surface area contributed by atoms with Crippen molar-refractivity contribution in [2.45, 2.75) is 53.2 Å². The van der Waals surface area contributed by atoms with Crippen LogP contribution in [-0.4, -0.2) is 28.0 Å². The summed E-state index contributed by atoms with van der Waals surface area (Å²) >= 11 is 0. The summed E-state index contributed by atoms with van der Waals surface area (Å²) in [6.07, 6.45) is 2.82. The van der Waals surface area contributed by atoms with Crippen LogP contribution in [0.1, 0.15) is 41.6 Å². The van der Waals surface area contributed by atoms with Crippen molar-refractivity contribution in [1.82, 2.24) is 5.32 Å². The van der Waals surface area contributed by atoms with Crippen LogP contribution in [0.5, 0.6) is 0 Å². The van der Waals surface area contributed by atoms with Gasteiger partial charge >= 0.3 is 10.2 Å². The topological polar surface area (TPSA) is 82.0 Å². The van der Waals surface area contributed by atoms with Crippen LogP contribution < -0.4 is 10.6 Å². The predicted octanol–water partition coefficient (Wildman–Crippen LogP) is 8.13. The lowest BCUT2D eigenvalue weighted by Crippen LogP contribution is -2.32. The third-order valence-electron chi connectivity index (χ3n) is 7.39. The van der Waals surface area contributed by atoms with Crippen molar-refractivity contribution in [2.75, 3.05) is 11.9 Å². The Morgan fingerprint density at radius 2 is 1.46 bits per heavy atom. The van der Waals surface area contributed by atoms with E-state index in [1.807, 2.05) is 18.2 Å². The van der Waals surface area contributed by atoms with Gasteiger partial charge in [-0.15, -0.1) is 0 Å². The number of nitrogens with one attached hydrogen (secondary N) is 3. The summed E-state index contributed by atoms with van der Waals surface area (Å²) in [6.45, 7) is 0.618. The highest BCUT2D eigenvalue weighted by molar-refractivity contribution is 8.45. The normalized spacial score (nSPS) is 22.9. The Morgan fingerprint density at radius 3 is 2.08 bits per heavy atom. The van der Waals surface area contributed by atoms with Gasteiger partial charge in [-0.25, -0.2) is 8.99 Å². The maximum Gasteiger partial charge on any atom is 0.310 e. The molecule has 5 rings (SSSR count). The minimum atomic E-state index is -9.71. The van der Waals surface area contributed by atoms with Gasteiger partial charge in [0.2, 0.25) is 0 Å². The summed E-state index contributed by atoms with van der Waals surface area (Å²) in [5.41, 5.74) is 3.64. The highest BCUT2D eigenvalue weighted by atomic mass is 32.5. The van der Waals surface area contributed by atoms with Gasteiger partial charge in [0.15, 0.2) is 0 Å². The number of rotatable bonds is 6. The Balaban J connectivity index is 1.22. The van der Waals surface area contributed by atoms with E-state index in [0.29, 0.717) is 60.5 Å². The molecule has 0 radical (unpaired) electrons. The first kappa shape index (κ1) is 27.4. The van der Waals surface area contributed by atoms with Gasteiger partial charge in [0.1, 0.15) is 4.90 Å². The van der Waals surface area contributed by atoms with Gasteiger partial charge in [-0.05, 0) is 91.3 Å². The molecular weight excluding hydrogens is 557 g/mol. The fourth-order valence-electron chi connectivity index (χ4n) is 5.22. The second kappa shape index (κ2) is 8.95. The lowest BCUT2D eigenvalue weighted by atomic mass is 9.95. The average molecular weight is 586 g/mol. The zero-order chi connectivity index (χ0) is 28.1. The summed E-state index contributed by atoms with van der Waals surface area (Å²) < 4.78 is 86.9. The summed E-state index contributed by atoms with van der Waals surface area (Å²) in [5, 5.41) is 5.52. The summed E-state index contributed by atoms with van der Waals surface area (Å²) in [4.78, 5) is 10.7. The summed E-state index contributed by atoms with van der Waals surface area (Å²) in [7, 11) is -12.8. The molecule has 1 saturated carbocycles. The molecule has 1 aliphatic carbocycles. The molecule has 39 heavy (non-hydrogen) atoms. The van der Waals surface area contributed by atoms with Gasteiger partial charge in [-0.2, -0.15) is 0 Å². The van der Waals surface area contributed by atoms with Crippen molar-refractivity contribution >= 4 is 31.5 Å². The Bertz CT molecular complexity index is 1520. The summed E-state index contributed by atoms with van der Waals surface area (Å²) in [5.74, 6) is -0.102. The van der Waals surface area contributed by atoms with Crippen molar-refractivity contribution < 1.29 is 28.4 Å². The number of amides is 1. The monoisotopic (exact) mass is 585 g/mol. The van der Waals surface area contributed by atoms with Crippen molar-refractivity contribution in [3.63, 3.8) is 0 Å². The molecular formula is C27H28F5N3O2S2. The molecule has 0 bridgehead atoms. The lowest BCUT2D eigenvalue weighted by molar-refractivity contribution is 0.0946. The van der Waals surface area contributed by atoms with E-state index in [4.69, 9.17) is 4.78 Å². The van der Waals surface area contributed by atoms with Crippen LogP contribution in [0.2, 0.25) is 0 Å². The van der Waals surface area contributed by atoms with Crippen molar-refractivity contribution in [3.8, 4) is 11.1 Å². The van der Waals surface area contributed by atoms with Crippen molar-refractivity contribution in [1.29, 1.82) is 4.78 Å². The maximum atomic E-state index is 13.5. The molecule has 0 saturated heterocycles. The minimum Gasteiger partial charge on any atom is -0.382 e. The predicted molar refractivity (Wildman–Crippen MR) is 145 cm³/mol. The number of anilines is 1. The SMILES string of the molecule is N=S(=O)(c1ccc(-c2ccc3c(c2)C(=O)NCC3)cc1)C1CCC(Nc2ccc(S(F)(F)(F)(F)F)cc2)CC1. The fraction of sp³-hybridized carbons (Fsp3) is 0.296. The molecule has 0 aromatic heterocycles. The molecule has 1 unspecified atom stereocenters. The van der Waals surface area contributed by atoms with Gasteiger partial charge in [0.25, 0.3) is 5.91 Å². The highest BCUT2D eigenvalue weighted by Gasteiger charge is 2.65. The molecule has 1 atom stereocenters. The lowest BCUT2D eigenvalue weighted by Gasteiger charge is -2.40. The molecule has 5 nitrogen and oxygen atoms in total. The molecule has 1 fully saturated rings. The van der Waals surface area contributed by atoms with Gasteiger partial charge in [-0.3, -0.25) is 4.79 Å². The minimum absolute atomic E-state index is 0.102. The first-order valence-electron chi connectivity index (χ1n) is 12.5. The molecule has 210 valence electrons. The molecule has 0 spiro atoms. The molecule has 1 aliphatic heterocycles. The number of hydrogen-bond donors (Lipinski definition) is 3. The van der Waals surface area contributed by atoms with E-state index in [2.05, 4.69) is 10.6 Å². The zero-order valence-corrected chi connectivity index (χ0v) is 22.4. The number of carbonyl (C=O) groups excluding carboxylic acids is 1. The zero-order valence-electron chi connectivity index (χ0n) is 20.8. The van der Waals surface area contributed by atoms with E-state index in [-0.39, 0.29) is 17.2 Å². The van der Waals surface area contributed by atoms with Crippen LogP contribution in [0.25, 0.3) is 11.1 Å². The number of carbonyl (C=O) groups is 1. The van der Waals surface area contributed by atoms with E-state index >= 15 is 0 Å². The van der Waals surface area contributed by atoms with Crippen LogP contribution in [0.4, 0.5) is 25.1 Å².